The Balaban J connectivity index is 1.87. The fraction of sp³-hybridized carbons (Fsp3) is 0.375. The quantitative estimate of drug-likeness (QED) is 0.777. The standard InChI is InChI=1S/C16H17ClN2O5S2/c1-8-11-7-10(17)3-4-13(11)25-16(8)26(23,24)18-12-5-6-19(14(12)20)9(2)15(21)22/h3-4,7,9,12,18H,5-6H2,1-2H3,(H,21,22)/t9-,12?/m1/s1. The molecule has 26 heavy (non-hydrogen) atoms. The largest absolute Gasteiger partial charge is 0.480 e. The Morgan fingerprint density at radius 1 is 1.46 bits per heavy atom. The fourth-order valence-electron chi connectivity index (χ4n) is 3.00. The number of thiophene rings is 1. The van der Waals surface area contributed by atoms with Crippen LogP contribution in [0.25, 0.3) is 10.1 Å². The molecule has 1 aliphatic rings. The van der Waals surface area contributed by atoms with E-state index in [4.69, 9.17) is 16.7 Å². The lowest BCUT2D eigenvalue weighted by Gasteiger charge is -2.21. The van der Waals surface area contributed by atoms with E-state index in [1.807, 2.05) is 0 Å². The zero-order valence-electron chi connectivity index (χ0n) is 14.0. The van der Waals surface area contributed by atoms with E-state index in [0.717, 1.165) is 21.4 Å². The second-order valence-corrected chi connectivity index (χ2v) is 9.56. The van der Waals surface area contributed by atoms with Crippen molar-refractivity contribution >= 4 is 54.9 Å². The lowest BCUT2D eigenvalue weighted by atomic mass is 10.2. The van der Waals surface area contributed by atoms with Crippen LogP contribution in [0.2, 0.25) is 5.02 Å². The maximum Gasteiger partial charge on any atom is 0.326 e. The molecule has 1 aliphatic heterocycles. The molecule has 2 aromatic rings. The van der Waals surface area contributed by atoms with Crippen LogP contribution in [0.3, 0.4) is 0 Å². The monoisotopic (exact) mass is 416 g/mol. The highest BCUT2D eigenvalue weighted by Gasteiger charge is 2.39. The second kappa shape index (κ2) is 6.80. The van der Waals surface area contributed by atoms with E-state index in [-0.39, 0.29) is 17.2 Å². The van der Waals surface area contributed by atoms with Gasteiger partial charge in [-0.05, 0) is 49.4 Å². The van der Waals surface area contributed by atoms with Crippen LogP contribution in [-0.2, 0) is 19.6 Å². The number of likely N-dealkylation sites (tertiary alicyclic amines) is 1. The van der Waals surface area contributed by atoms with E-state index in [1.54, 1.807) is 25.1 Å². The summed E-state index contributed by atoms with van der Waals surface area (Å²) in [4.78, 5) is 24.6. The maximum absolute atomic E-state index is 12.8. The number of sulfonamides is 1. The normalized spacial score (nSPS) is 19.3. The molecule has 1 saturated heterocycles. The molecular weight excluding hydrogens is 400 g/mol. The van der Waals surface area contributed by atoms with Crippen molar-refractivity contribution < 1.29 is 23.1 Å². The summed E-state index contributed by atoms with van der Waals surface area (Å²) in [5, 5.41) is 10.3. The maximum atomic E-state index is 12.8. The summed E-state index contributed by atoms with van der Waals surface area (Å²) >= 11 is 7.09. The third-order valence-corrected chi connectivity index (χ3v) is 8.06. The van der Waals surface area contributed by atoms with Crippen molar-refractivity contribution in [3.63, 3.8) is 0 Å². The summed E-state index contributed by atoms with van der Waals surface area (Å²) < 4.78 is 28.9. The minimum Gasteiger partial charge on any atom is -0.480 e. The first kappa shape index (κ1) is 19.1. The van der Waals surface area contributed by atoms with Crippen molar-refractivity contribution in [2.75, 3.05) is 6.54 Å². The molecule has 140 valence electrons. The highest BCUT2D eigenvalue weighted by Crippen LogP contribution is 2.35. The molecule has 3 rings (SSSR count). The van der Waals surface area contributed by atoms with Gasteiger partial charge in [-0.2, -0.15) is 4.72 Å². The Morgan fingerprint density at radius 3 is 2.81 bits per heavy atom. The van der Waals surface area contributed by atoms with Crippen LogP contribution in [0.4, 0.5) is 0 Å². The Morgan fingerprint density at radius 2 is 2.15 bits per heavy atom. The smallest absolute Gasteiger partial charge is 0.326 e. The molecule has 2 atom stereocenters. The van der Waals surface area contributed by atoms with Gasteiger partial charge in [0, 0.05) is 16.3 Å². The number of carbonyl (C=O) groups is 2. The van der Waals surface area contributed by atoms with Crippen LogP contribution in [0.5, 0.6) is 0 Å². The van der Waals surface area contributed by atoms with E-state index >= 15 is 0 Å². The van der Waals surface area contributed by atoms with E-state index in [2.05, 4.69) is 4.72 Å². The van der Waals surface area contributed by atoms with Gasteiger partial charge >= 0.3 is 5.97 Å². The molecule has 0 radical (unpaired) electrons. The number of rotatable bonds is 5. The van der Waals surface area contributed by atoms with Gasteiger partial charge in [0.1, 0.15) is 16.3 Å². The first-order chi connectivity index (χ1) is 12.1. The molecule has 2 heterocycles. The summed E-state index contributed by atoms with van der Waals surface area (Å²) in [6.07, 6.45) is 0.228. The molecule has 0 bridgehead atoms. The molecule has 2 N–H and O–H groups in total. The molecule has 1 amide bonds. The van der Waals surface area contributed by atoms with E-state index in [9.17, 15) is 18.0 Å². The Bertz CT molecular complexity index is 1000. The number of amides is 1. The van der Waals surface area contributed by atoms with Crippen LogP contribution in [0.1, 0.15) is 18.9 Å². The average Bonchev–Trinajstić information content (AvgIpc) is 3.08. The number of halogens is 1. The minimum absolute atomic E-state index is 0.132. The molecule has 0 spiro atoms. The van der Waals surface area contributed by atoms with Gasteiger partial charge in [-0.1, -0.05) is 11.6 Å². The second-order valence-electron chi connectivity index (χ2n) is 6.16. The molecule has 10 heteroatoms. The van der Waals surface area contributed by atoms with Crippen LogP contribution >= 0.6 is 22.9 Å². The number of carboxylic acids is 1. The molecule has 1 aromatic carbocycles. The molecule has 1 aromatic heterocycles. The molecule has 1 unspecified atom stereocenters. The minimum atomic E-state index is -3.92. The lowest BCUT2D eigenvalue weighted by Crippen LogP contribution is -2.46. The summed E-state index contributed by atoms with van der Waals surface area (Å²) in [7, 11) is -3.92. The first-order valence-electron chi connectivity index (χ1n) is 7.86. The molecule has 7 nitrogen and oxygen atoms in total. The number of nitrogens with zero attached hydrogens (tertiary/aromatic N) is 1. The summed E-state index contributed by atoms with van der Waals surface area (Å²) in [5.41, 5.74) is 0.571. The SMILES string of the molecule is Cc1c(S(=O)(=O)NC2CCN([C@H](C)C(=O)O)C2=O)sc2ccc(Cl)cc12. The summed E-state index contributed by atoms with van der Waals surface area (Å²) in [6.45, 7) is 3.29. The summed E-state index contributed by atoms with van der Waals surface area (Å²) in [5.74, 6) is -1.65. The van der Waals surface area contributed by atoms with Crippen molar-refractivity contribution in [3.8, 4) is 0 Å². The number of carboxylic acid groups (broad SMARTS) is 1. The number of hydrogen-bond acceptors (Lipinski definition) is 5. The van der Waals surface area contributed by atoms with Crippen LogP contribution in [0.15, 0.2) is 22.4 Å². The number of carbonyl (C=O) groups excluding carboxylic acids is 1. The Kier molecular flexibility index (Phi) is 5.00. The Labute approximate surface area is 159 Å². The van der Waals surface area contributed by atoms with Crippen molar-refractivity contribution in [2.45, 2.75) is 36.6 Å². The first-order valence-corrected chi connectivity index (χ1v) is 10.5. The van der Waals surface area contributed by atoms with Crippen molar-refractivity contribution in [2.24, 2.45) is 0 Å². The van der Waals surface area contributed by atoms with Crippen LogP contribution in [0, 0.1) is 6.92 Å². The van der Waals surface area contributed by atoms with E-state index in [1.165, 1.54) is 11.8 Å². The highest BCUT2D eigenvalue weighted by atomic mass is 35.5. The fourth-order valence-corrected chi connectivity index (χ4v) is 6.16. The highest BCUT2D eigenvalue weighted by molar-refractivity contribution is 7.91. The van der Waals surface area contributed by atoms with E-state index < -0.39 is 34.0 Å². The van der Waals surface area contributed by atoms with Gasteiger partial charge < -0.3 is 10.0 Å². The number of fused-ring (bicyclic) bond motifs is 1. The van der Waals surface area contributed by atoms with Gasteiger partial charge in [-0.15, -0.1) is 11.3 Å². The average molecular weight is 417 g/mol. The van der Waals surface area contributed by atoms with Gasteiger partial charge in [-0.25, -0.2) is 13.2 Å². The molecular formula is C16H17ClN2O5S2. The zero-order chi connectivity index (χ0) is 19.2. The topological polar surface area (TPSA) is 104 Å². The van der Waals surface area contributed by atoms with Gasteiger partial charge in [0.15, 0.2) is 0 Å². The van der Waals surface area contributed by atoms with Crippen molar-refractivity contribution in [1.29, 1.82) is 0 Å². The lowest BCUT2D eigenvalue weighted by molar-refractivity contribution is -0.147. The van der Waals surface area contributed by atoms with Crippen LogP contribution in [-0.4, -0.2) is 48.9 Å². The number of aliphatic carboxylic acids is 1. The third-order valence-electron chi connectivity index (χ3n) is 4.46. The molecule has 0 aliphatic carbocycles. The van der Waals surface area contributed by atoms with Crippen molar-refractivity contribution in [1.82, 2.24) is 9.62 Å². The number of benzene rings is 1. The van der Waals surface area contributed by atoms with Crippen LogP contribution < -0.4 is 4.72 Å². The Hall–Kier alpha value is -1.68. The van der Waals surface area contributed by atoms with Gasteiger partial charge in [0.05, 0.1) is 0 Å². The van der Waals surface area contributed by atoms with Gasteiger partial charge in [-0.3, -0.25) is 4.79 Å². The number of nitrogens with one attached hydrogen (secondary N) is 1. The van der Waals surface area contributed by atoms with Gasteiger partial charge in [0.2, 0.25) is 5.91 Å². The van der Waals surface area contributed by atoms with E-state index in [0.29, 0.717) is 10.6 Å². The predicted octanol–water partition coefficient (Wildman–Crippen LogP) is 2.22. The zero-order valence-corrected chi connectivity index (χ0v) is 16.4. The summed E-state index contributed by atoms with van der Waals surface area (Å²) in [6, 6.07) is 3.19. The predicted molar refractivity (Wildman–Crippen MR) is 99.1 cm³/mol. The third kappa shape index (κ3) is 3.32. The van der Waals surface area contributed by atoms with Crippen molar-refractivity contribution in [3.05, 3.63) is 28.8 Å². The van der Waals surface area contributed by atoms with Gasteiger partial charge in [0.25, 0.3) is 10.0 Å². The molecule has 0 saturated carbocycles. The number of aryl methyl sites for hydroxylation is 1. The number of hydrogen-bond donors (Lipinski definition) is 2. The molecule has 1 fully saturated rings.